The van der Waals surface area contributed by atoms with E-state index in [1.165, 1.54) is 37.2 Å². The number of likely N-dealkylation sites (tertiary alicyclic amines) is 1. The third kappa shape index (κ3) is 4.24. The van der Waals surface area contributed by atoms with Gasteiger partial charge in [0, 0.05) is 73.3 Å². The average molecular weight is 494 g/mol. The maximum absolute atomic E-state index is 4.72. The topological polar surface area (TPSA) is 92.9 Å². The van der Waals surface area contributed by atoms with E-state index in [0.717, 1.165) is 77.3 Å². The van der Waals surface area contributed by atoms with E-state index in [1.54, 1.807) is 0 Å². The van der Waals surface area contributed by atoms with Crippen molar-refractivity contribution in [2.24, 2.45) is 0 Å². The summed E-state index contributed by atoms with van der Waals surface area (Å²) in [6.07, 6.45) is 10.2. The Morgan fingerprint density at radius 2 is 1.76 bits per heavy atom. The third-order valence-corrected chi connectivity index (χ3v) is 7.75. The van der Waals surface area contributed by atoms with Crippen LogP contribution in [0.15, 0.2) is 49.1 Å². The van der Waals surface area contributed by atoms with E-state index in [1.807, 2.05) is 24.8 Å². The van der Waals surface area contributed by atoms with Crippen molar-refractivity contribution in [2.45, 2.75) is 19.4 Å². The fourth-order valence-electron chi connectivity index (χ4n) is 5.66. The Morgan fingerprint density at radius 1 is 0.892 bits per heavy atom. The highest BCUT2D eigenvalue weighted by molar-refractivity contribution is 5.99. The van der Waals surface area contributed by atoms with Crippen LogP contribution in [0.2, 0.25) is 0 Å². The van der Waals surface area contributed by atoms with Crippen LogP contribution in [0, 0.1) is 0 Å². The number of nitrogens with one attached hydrogen (secondary N) is 2. The molecule has 2 N–H and O–H groups in total. The van der Waals surface area contributed by atoms with Crippen molar-refractivity contribution < 1.29 is 0 Å². The van der Waals surface area contributed by atoms with Gasteiger partial charge in [-0.3, -0.25) is 20.0 Å². The highest BCUT2D eigenvalue weighted by atomic mass is 15.2. The Morgan fingerprint density at radius 3 is 2.62 bits per heavy atom. The molecule has 9 heteroatoms. The maximum atomic E-state index is 4.72. The molecule has 0 unspecified atom stereocenters. The SMILES string of the molecule is CN1CCN(c2ccnc3[nH]c(-c4n[nH]c5cnc(-c6cncc(CN7CCCC7)c6)cc45)cc23)CC1. The first-order valence-electron chi connectivity index (χ1n) is 13.1. The van der Waals surface area contributed by atoms with Gasteiger partial charge in [0.15, 0.2) is 0 Å². The van der Waals surface area contributed by atoms with Crippen LogP contribution in [0.1, 0.15) is 18.4 Å². The molecule has 0 amide bonds. The van der Waals surface area contributed by atoms with E-state index >= 15 is 0 Å². The quantitative estimate of drug-likeness (QED) is 0.383. The number of nitrogens with zero attached hydrogens (tertiary/aromatic N) is 7. The molecular weight excluding hydrogens is 462 g/mol. The summed E-state index contributed by atoms with van der Waals surface area (Å²) in [5, 5.41) is 9.99. The summed E-state index contributed by atoms with van der Waals surface area (Å²) in [4.78, 5) is 24.7. The van der Waals surface area contributed by atoms with Crippen molar-refractivity contribution >= 4 is 27.6 Å². The number of hydrogen-bond acceptors (Lipinski definition) is 7. The van der Waals surface area contributed by atoms with Gasteiger partial charge in [0.1, 0.15) is 11.3 Å². The lowest BCUT2D eigenvalue weighted by atomic mass is 10.1. The third-order valence-electron chi connectivity index (χ3n) is 7.75. The fourth-order valence-corrected chi connectivity index (χ4v) is 5.66. The first-order valence-corrected chi connectivity index (χ1v) is 13.1. The van der Waals surface area contributed by atoms with Crippen LogP contribution in [0.3, 0.4) is 0 Å². The maximum Gasteiger partial charge on any atom is 0.139 e. The Bertz CT molecular complexity index is 1550. The lowest BCUT2D eigenvalue weighted by Gasteiger charge is -2.34. The van der Waals surface area contributed by atoms with Crippen LogP contribution >= 0.6 is 0 Å². The van der Waals surface area contributed by atoms with Crippen molar-refractivity contribution in [2.75, 3.05) is 51.2 Å². The van der Waals surface area contributed by atoms with E-state index in [9.17, 15) is 0 Å². The molecule has 0 radical (unpaired) electrons. The molecule has 7 rings (SSSR count). The van der Waals surface area contributed by atoms with Gasteiger partial charge >= 0.3 is 0 Å². The summed E-state index contributed by atoms with van der Waals surface area (Å²) in [7, 11) is 2.18. The second-order valence-electron chi connectivity index (χ2n) is 10.3. The average Bonchev–Trinajstić information content (AvgIpc) is 3.68. The summed E-state index contributed by atoms with van der Waals surface area (Å²) >= 11 is 0. The van der Waals surface area contributed by atoms with Gasteiger partial charge in [-0.05, 0) is 62.8 Å². The van der Waals surface area contributed by atoms with Crippen molar-refractivity contribution in [1.82, 2.24) is 39.9 Å². The molecule has 188 valence electrons. The predicted molar refractivity (Wildman–Crippen MR) is 146 cm³/mol. The zero-order chi connectivity index (χ0) is 24.8. The van der Waals surface area contributed by atoms with E-state index in [4.69, 9.17) is 4.98 Å². The van der Waals surface area contributed by atoms with Crippen LogP contribution in [-0.2, 0) is 6.54 Å². The molecule has 0 spiro atoms. The number of anilines is 1. The Balaban J connectivity index is 1.24. The van der Waals surface area contributed by atoms with Gasteiger partial charge in [0.2, 0.25) is 0 Å². The molecule has 5 aromatic heterocycles. The minimum atomic E-state index is 0.877. The number of aromatic nitrogens is 6. The number of hydrogen-bond donors (Lipinski definition) is 2. The van der Waals surface area contributed by atoms with Crippen molar-refractivity contribution in [1.29, 1.82) is 0 Å². The molecule has 0 atom stereocenters. The molecule has 2 saturated heterocycles. The number of likely N-dealkylation sites (N-methyl/N-ethyl adjacent to an activating group) is 1. The van der Waals surface area contributed by atoms with E-state index in [2.05, 4.69) is 71.2 Å². The summed E-state index contributed by atoms with van der Waals surface area (Å²) in [6, 6.07) is 8.64. The molecule has 0 bridgehead atoms. The van der Waals surface area contributed by atoms with Gasteiger partial charge in [-0.25, -0.2) is 4.98 Å². The Kier molecular flexibility index (Phi) is 5.59. The molecule has 5 aromatic rings. The van der Waals surface area contributed by atoms with Crippen molar-refractivity contribution in [3.8, 4) is 22.6 Å². The number of fused-ring (bicyclic) bond motifs is 2. The lowest BCUT2D eigenvalue weighted by Crippen LogP contribution is -2.44. The number of pyridine rings is 3. The van der Waals surface area contributed by atoms with Crippen LogP contribution in [0.25, 0.3) is 44.6 Å². The molecule has 9 nitrogen and oxygen atoms in total. The van der Waals surface area contributed by atoms with E-state index < -0.39 is 0 Å². The zero-order valence-electron chi connectivity index (χ0n) is 21.1. The number of H-pyrrole nitrogens is 2. The molecule has 7 heterocycles. The van der Waals surface area contributed by atoms with Crippen LogP contribution < -0.4 is 4.90 Å². The largest absolute Gasteiger partial charge is 0.368 e. The van der Waals surface area contributed by atoms with E-state index in [0.29, 0.717) is 0 Å². The monoisotopic (exact) mass is 493 g/mol. The molecular formula is C28H31N9. The first-order chi connectivity index (χ1) is 18.2. The summed E-state index contributed by atoms with van der Waals surface area (Å²) in [5.74, 6) is 0. The molecule has 0 saturated carbocycles. The normalized spacial score (nSPS) is 17.4. The van der Waals surface area contributed by atoms with Gasteiger partial charge in [-0.15, -0.1) is 0 Å². The van der Waals surface area contributed by atoms with Gasteiger partial charge in [0.25, 0.3) is 0 Å². The first kappa shape index (κ1) is 22.4. The van der Waals surface area contributed by atoms with Gasteiger partial charge in [0.05, 0.1) is 23.1 Å². The van der Waals surface area contributed by atoms with Crippen LogP contribution in [-0.4, -0.2) is 86.2 Å². The number of rotatable bonds is 5. The Labute approximate surface area is 215 Å². The molecule has 0 aromatic carbocycles. The second-order valence-corrected chi connectivity index (χ2v) is 10.3. The van der Waals surface area contributed by atoms with Gasteiger partial charge in [-0.1, -0.05) is 0 Å². The van der Waals surface area contributed by atoms with Crippen molar-refractivity contribution in [3.63, 3.8) is 0 Å². The molecule has 0 aliphatic carbocycles. The summed E-state index contributed by atoms with van der Waals surface area (Å²) in [6.45, 7) is 7.44. The lowest BCUT2D eigenvalue weighted by molar-refractivity contribution is 0.313. The minimum absolute atomic E-state index is 0.877. The number of aromatic amines is 2. The van der Waals surface area contributed by atoms with Crippen LogP contribution in [0.5, 0.6) is 0 Å². The van der Waals surface area contributed by atoms with Crippen LogP contribution in [0.4, 0.5) is 5.69 Å². The highest BCUT2D eigenvalue weighted by Gasteiger charge is 2.20. The number of piperazine rings is 1. The minimum Gasteiger partial charge on any atom is -0.368 e. The standard InChI is InChI=1S/C28H31N9/c1-35-8-10-37(11-9-35)26-4-5-30-28-22(26)14-24(32-28)27-21-13-23(31-17-25(21)33-34-27)20-12-19(15-29-16-20)18-36-6-2-3-7-36/h4-5,12-17H,2-3,6-11,18H2,1H3,(H,30,32)(H,33,34). The Hall–Kier alpha value is -3.82. The highest BCUT2D eigenvalue weighted by Crippen LogP contribution is 2.34. The van der Waals surface area contributed by atoms with Crippen molar-refractivity contribution in [3.05, 3.63) is 54.6 Å². The molecule has 2 aliphatic rings. The van der Waals surface area contributed by atoms with Gasteiger partial charge in [-0.2, -0.15) is 5.10 Å². The molecule has 2 aliphatic heterocycles. The molecule has 37 heavy (non-hydrogen) atoms. The predicted octanol–water partition coefficient (Wildman–Crippen LogP) is 3.91. The molecule has 2 fully saturated rings. The fraction of sp³-hybridized carbons (Fsp3) is 0.357. The smallest absolute Gasteiger partial charge is 0.139 e. The second kappa shape index (κ2) is 9.24. The van der Waals surface area contributed by atoms with Gasteiger partial charge < -0.3 is 14.8 Å². The summed E-state index contributed by atoms with van der Waals surface area (Å²) < 4.78 is 0. The summed E-state index contributed by atoms with van der Waals surface area (Å²) in [5.41, 5.74) is 8.01. The zero-order valence-corrected chi connectivity index (χ0v) is 21.1. The van der Waals surface area contributed by atoms with E-state index in [-0.39, 0.29) is 0 Å².